The van der Waals surface area contributed by atoms with E-state index in [-0.39, 0.29) is 28.8 Å². The standard InChI is InChI=1S/C21H18N8O6S2/c1-34-27-13(12-8-37-21(22)24-12)16(30)25-14-18(31)29-15(20(32)33)11(7-36-19(14)29)6-28-4-2-3-10(5-28)17-26-23-9-35-17/h2-5,8-9,14,19H,6-7H2,1H3,(H3-,22,24,25,30,32,33)/p+1/b27-13-/t14-,19-/m1/s1. The molecule has 5 heterocycles. The number of carboxylic acid groups (broad SMARTS) is 1. The number of amides is 2. The summed E-state index contributed by atoms with van der Waals surface area (Å²) in [6.45, 7) is 0.222. The van der Waals surface area contributed by atoms with Gasteiger partial charge in [0.1, 0.15) is 35.5 Å². The number of pyridine rings is 1. The van der Waals surface area contributed by atoms with Gasteiger partial charge in [0.05, 0.1) is 0 Å². The van der Waals surface area contributed by atoms with Crippen molar-refractivity contribution in [1.82, 2.24) is 25.4 Å². The van der Waals surface area contributed by atoms with E-state index in [2.05, 4.69) is 25.7 Å². The molecule has 0 bridgehead atoms. The molecule has 190 valence electrons. The van der Waals surface area contributed by atoms with Crippen LogP contribution >= 0.6 is 23.1 Å². The Balaban J connectivity index is 1.35. The van der Waals surface area contributed by atoms with E-state index in [0.29, 0.717) is 22.8 Å². The molecule has 2 aliphatic rings. The van der Waals surface area contributed by atoms with E-state index >= 15 is 0 Å². The minimum Gasteiger partial charge on any atom is -0.477 e. The van der Waals surface area contributed by atoms with Crippen LogP contribution in [0, 0.1) is 0 Å². The summed E-state index contributed by atoms with van der Waals surface area (Å²) in [4.78, 5) is 48.1. The number of nitrogens with two attached hydrogens (primary N) is 1. The minimum absolute atomic E-state index is 0.104. The van der Waals surface area contributed by atoms with Crippen LogP contribution < -0.4 is 15.6 Å². The van der Waals surface area contributed by atoms with Gasteiger partial charge in [-0.25, -0.2) is 14.3 Å². The molecule has 0 aromatic carbocycles. The maximum Gasteiger partial charge on any atom is 0.352 e. The third-order valence-electron chi connectivity index (χ3n) is 5.54. The van der Waals surface area contributed by atoms with Crippen molar-refractivity contribution in [2.45, 2.75) is 18.0 Å². The third-order valence-corrected chi connectivity index (χ3v) is 7.55. The first-order valence-corrected chi connectivity index (χ1v) is 12.6. The molecule has 2 atom stereocenters. The topological polar surface area (TPSA) is 190 Å². The first-order chi connectivity index (χ1) is 17.9. The van der Waals surface area contributed by atoms with E-state index in [1.807, 2.05) is 0 Å². The van der Waals surface area contributed by atoms with Crippen molar-refractivity contribution < 1.29 is 33.3 Å². The van der Waals surface area contributed by atoms with Crippen LogP contribution in [0.4, 0.5) is 5.13 Å². The van der Waals surface area contributed by atoms with E-state index in [9.17, 15) is 19.5 Å². The highest BCUT2D eigenvalue weighted by molar-refractivity contribution is 8.00. The fourth-order valence-corrected chi connectivity index (χ4v) is 5.86. The lowest BCUT2D eigenvalue weighted by molar-refractivity contribution is -0.688. The maximum atomic E-state index is 13.0. The maximum absolute atomic E-state index is 13.0. The van der Waals surface area contributed by atoms with Crippen LogP contribution in [-0.4, -0.2) is 73.0 Å². The second-order valence-electron chi connectivity index (χ2n) is 7.82. The van der Waals surface area contributed by atoms with Crippen molar-refractivity contribution >= 4 is 51.7 Å². The predicted molar refractivity (Wildman–Crippen MR) is 130 cm³/mol. The van der Waals surface area contributed by atoms with Crippen LogP contribution in [0.15, 0.2) is 57.1 Å². The molecule has 0 unspecified atom stereocenters. The van der Waals surface area contributed by atoms with E-state index in [1.54, 1.807) is 34.5 Å². The van der Waals surface area contributed by atoms with Crippen molar-refractivity contribution in [3.63, 3.8) is 0 Å². The van der Waals surface area contributed by atoms with Crippen molar-refractivity contribution in [2.24, 2.45) is 5.16 Å². The SMILES string of the molecule is CO/N=C(\C(=O)N[C@@H]1C(=O)N2C(C(=O)O)=C(C[n+]3cccc(-c4nnco4)c3)CS[C@H]12)c1csc(N)n1. The average molecular weight is 544 g/mol. The number of thiazole rings is 1. The zero-order valence-electron chi connectivity index (χ0n) is 19.1. The van der Waals surface area contributed by atoms with Crippen molar-refractivity contribution in [3.8, 4) is 11.5 Å². The second-order valence-corrected chi connectivity index (χ2v) is 9.82. The normalized spacial score (nSPS) is 19.3. The summed E-state index contributed by atoms with van der Waals surface area (Å²) >= 11 is 2.48. The fraction of sp³-hybridized carbons (Fsp3) is 0.238. The summed E-state index contributed by atoms with van der Waals surface area (Å²) in [6.07, 6.45) is 4.74. The summed E-state index contributed by atoms with van der Waals surface area (Å²) in [5.74, 6) is -1.80. The molecule has 4 N–H and O–H groups in total. The molecule has 2 amide bonds. The molecular formula is C21H19N8O6S2+. The van der Waals surface area contributed by atoms with Gasteiger partial charge in [0.25, 0.3) is 17.7 Å². The van der Waals surface area contributed by atoms with Crippen molar-refractivity contribution in [1.29, 1.82) is 0 Å². The lowest BCUT2D eigenvalue weighted by Crippen LogP contribution is -2.71. The molecule has 3 aromatic heterocycles. The Hall–Kier alpha value is -4.31. The van der Waals surface area contributed by atoms with E-state index < -0.39 is 29.2 Å². The third kappa shape index (κ3) is 4.63. The number of hydrogen-bond donors (Lipinski definition) is 3. The Morgan fingerprint density at radius 1 is 1.46 bits per heavy atom. The van der Waals surface area contributed by atoms with Gasteiger partial charge in [0.2, 0.25) is 6.39 Å². The Morgan fingerprint density at radius 2 is 2.30 bits per heavy atom. The summed E-state index contributed by atoms with van der Waals surface area (Å²) in [5.41, 5.74) is 6.81. The molecule has 2 aliphatic heterocycles. The first kappa shape index (κ1) is 24.4. The number of thioether (sulfide) groups is 1. The summed E-state index contributed by atoms with van der Waals surface area (Å²) in [5, 5.41) is 25.0. The average Bonchev–Trinajstić information content (AvgIpc) is 3.57. The highest BCUT2D eigenvalue weighted by Crippen LogP contribution is 2.40. The molecule has 5 rings (SSSR count). The molecule has 0 saturated carbocycles. The number of carbonyl (C=O) groups excluding carboxylic acids is 2. The highest BCUT2D eigenvalue weighted by Gasteiger charge is 2.54. The van der Waals surface area contributed by atoms with Crippen LogP contribution in [0.5, 0.6) is 0 Å². The Bertz CT molecular complexity index is 1440. The summed E-state index contributed by atoms with van der Waals surface area (Å²) < 4.78 is 7.00. The number of β-lactam (4-membered cyclic amide) rings is 1. The number of carboxylic acids is 1. The number of carbonyl (C=O) groups is 3. The van der Waals surface area contributed by atoms with Crippen LogP contribution in [0.1, 0.15) is 5.69 Å². The molecule has 0 radical (unpaired) electrons. The van der Waals surface area contributed by atoms with Gasteiger partial charge in [0, 0.05) is 22.8 Å². The quantitative estimate of drug-likeness (QED) is 0.148. The first-order valence-electron chi connectivity index (χ1n) is 10.7. The number of nitrogen functional groups attached to an aromatic ring is 1. The van der Waals surface area contributed by atoms with Crippen LogP contribution in [-0.2, 0) is 25.8 Å². The molecular weight excluding hydrogens is 524 g/mol. The molecule has 0 aliphatic carbocycles. The van der Waals surface area contributed by atoms with E-state index in [1.165, 1.54) is 30.2 Å². The van der Waals surface area contributed by atoms with Crippen LogP contribution in [0.2, 0.25) is 0 Å². The van der Waals surface area contributed by atoms with Gasteiger partial charge in [-0.15, -0.1) is 33.3 Å². The van der Waals surface area contributed by atoms with Crippen LogP contribution in [0.3, 0.4) is 0 Å². The smallest absolute Gasteiger partial charge is 0.352 e. The van der Waals surface area contributed by atoms with Gasteiger partial charge in [-0.1, -0.05) is 5.16 Å². The van der Waals surface area contributed by atoms with Gasteiger partial charge in [-0.3, -0.25) is 14.5 Å². The van der Waals surface area contributed by atoms with Gasteiger partial charge in [-0.05, 0) is 6.07 Å². The lowest BCUT2D eigenvalue weighted by atomic mass is 10.0. The number of oxime groups is 1. The fourth-order valence-electron chi connectivity index (χ4n) is 3.97. The second kappa shape index (κ2) is 9.98. The Labute approximate surface area is 216 Å². The van der Waals surface area contributed by atoms with E-state index in [0.717, 1.165) is 11.3 Å². The predicted octanol–water partition coefficient (Wildman–Crippen LogP) is -0.148. The van der Waals surface area contributed by atoms with Gasteiger partial charge in [0.15, 0.2) is 29.8 Å². The molecule has 1 fully saturated rings. The summed E-state index contributed by atoms with van der Waals surface area (Å²) in [7, 11) is 1.28. The van der Waals surface area contributed by atoms with Crippen LogP contribution in [0.25, 0.3) is 11.5 Å². The number of aliphatic carboxylic acids is 1. The lowest BCUT2D eigenvalue weighted by Gasteiger charge is -2.49. The zero-order chi connectivity index (χ0) is 26.1. The molecule has 37 heavy (non-hydrogen) atoms. The summed E-state index contributed by atoms with van der Waals surface area (Å²) in [6, 6.07) is 2.62. The minimum atomic E-state index is -1.23. The number of anilines is 1. The molecule has 0 spiro atoms. The Morgan fingerprint density at radius 3 is 2.97 bits per heavy atom. The number of fused-ring (bicyclic) bond motifs is 1. The highest BCUT2D eigenvalue weighted by atomic mass is 32.2. The molecule has 3 aromatic rings. The Kier molecular flexibility index (Phi) is 6.58. The number of aromatic nitrogens is 4. The number of nitrogens with zero attached hydrogens (tertiary/aromatic N) is 6. The van der Waals surface area contributed by atoms with Crippen molar-refractivity contribution in [2.75, 3.05) is 18.6 Å². The number of hydrogen-bond acceptors (Lipinski definition) is 12. The molecule has 1 saturated heterocycles. The molecule has 16 heteroatoms. The number of rotatable bonds is 8. The van der Waals surface area contributed by atoms with Gasteiger partial charge in [-0.2, -0.15) is 0 Å². The monoisotopic (exact) mass is 543 g/mol. The number of nitrogens with one attached hydrogen (secondary N) is 1. The zero-order valence-corrected chi connectivity index (χ0v) is 20.7. The van der Waals surface area contributed by atoms with Gasteiger partial charge >= 0.3 is 5.97 Å². The van der Waals surface area contributed by atoms with E-state index in [4.69, 9.17) is 15.0 Å². The largest absolute Gasteiger partial charge is 0.477 e. The van der Waals surface area contributed by atoms with Gasteiger partial charge < -0.3 is 25.4 Å². The van der Waals surface area contributed by atoms with Crippen molar-refractivity contribution in [3.05, 3.63) is 53.3 Å². The molecule has 14 nitrogen and oxygen atoms in total.